The van der Waals surface area contributed by atoms with Gasteiger partial charge in [-0.1, -0.05) is 66.2 Å². The van der Waals surface area contributed by atoms with Crippen molar-refractivity contribution in [1.29, 1.82) is 0 Å². The molecule has 34 heavy (non-hydrogen) atoms. The molecule has 4 amide bonds. The Bertz CT molecular complexity index is 1400. The Morgan fingerprint density at radius 1 is 0.824 bits per heavy atom. The number of halogens is 1. The SMILES string of the molecule is O=C1c2ccccc2C(=O)N1CCN(C(=O)Nc1cccc(Cl)c1)c1cccc2ccccc12. The van der Waals surface area contributed by atoms with Crippen molar-refractivity contribution < 1.29 is 14.4 Å². The van der Waals surface area contributed by atoms with Gasteiger partial charge in [0.2, 0.25) is 0 Å². The zero-order valence-corrected chi connectivity index (χ0v) is 18.8. The predicted molar refractivity (Wildman–Crippen MR) is 134 cm³/mol. The summed E-state index contributed by atoms with van der Waals surface area (Å²) in [6.07, 6.45) is 0. The van der Waals surface area contributed by atoms with Crippen LogP contribution < -0.4 is 10.2 Å². The van der Waals surface area contributed by atoms with Gasteiger partial charge in [0.05, 0.1) is 16.8 Å². The van der Waals surface area contributed by atoms with E-state index in [9.17, 15) is 14.4 Å². The molecular formula is C27H20ClN3O3. The van der Waals surface area contributed by atoms with Crippen molar-refractivity contribution in [3.05, 3.63) is 107 Å². The average Bonchev–Trinajstić information content (AvgIpc) is 3.09. The van der Waals surface area contributed by atoms with Crippen LogP contribution in [0.5, 0.6) is 0 Å². The van der Waals surface area contributed by atoms with Crippen LogP contribution in [0.25, 0.3) is 10.8 Å². The largest absolute Gasteiger partial charge is 0.326 e. The van der Waals surface area contributed by atoms with Crippen molar-refractivity contribution in [2.24, 2.45) is 0 Å². The van der Waals surface area contributed by atoms with Crippen LogP contribution in [0.1, 0.15) is 20.7 Å². The number of carbonyl (C=O) groups is 3. The summed E-state index contributed by atoms with van der Waals surface area (Å²) in [5, 5.41) is 5.23. The molecular weight excluding hydrogens is 450 g/mol. The molecule has 0 bridgehead atoms. The molecule has 0 radical (unpaired) electrons. The number of nitrogens with zero attached hydrogens (tertiary/aromatic N) is 2. The zero-order chi connectivity index (χ0) is 23.7. The fourth-order valence-corrected chi connectivity index (χ4v) is 4.36. The molecule has 0 aromatic heterocycles. The second kappa shape index (κ2) is 9.00. The van der Waals surface area contributed by atoms with Gasteiger partial charge in [0, 0.05) is 29.2 Å². The van der Waals surface area contributed by atoms with Gasteiger partial charge in [0.25, 0.3) is 11.8 Å². The molecule has 6 nitrogen and oxygen atoms in total. The first kappa shape index (κ1) is 21.7. The number of fused-ring (bicyclic) bond motifs is 2. The van der Waals surface area contributed by atoms with Gasteiger partial charge in [-0.3, -0.25) is 19.4 Å². The van der Waals surface area contributed by atoms with Crippen LogP contribution in [-0.2, 0) is 0 Å². The summed E-state index contributed by atoms with van der Waals surface area (Å²) >= 11 is 6.08. The third-order valence-electron chi connectivity index (χ3n) is 5.80. The number of hydrogen-bond donors (Lipinski definition) is 1. The lowest BCUT2D eigenvalue weighted by Gasteiger charge is -2.26. The fourth-order valence-electron chi connectivity index (χ4n) is 4.17. The van der Waals surface area contributed by atoms with E-state index in [1.54, 1.807) is 53.4 Å². The van der Waals surface area contributed by atoms with E-state index in [2.05, 4.69) is 5.32 Å². The molecule has 0 fully saturated rings. The number of benzene rings is 4. The third kappa shape index (κ3) is 4.00. The first-order valence-electron chi connectivity index (χ1n) is 10.8. The van der Waals surface area contributed by atoms with Crippen molar-refractivity contribution in [3.63, 3.8) is 0 Å². The number of imide groups is 1. The first-order chi connectivity index (χ1) is 16.5. The van der Waals surface area contributed by atoms with Crippen molar-refractivity contribution in [2.45, 2.75) is 0 Å². The Kier molecular flexibility index (Phi) is 5.74. The van der Waals surface area contributed by atoms with Gasteiger partial charge in [-0.15, -0.1) is 0 Å². The monoisotopic (exact) mass is 469 g/mol. The Hall–Kier alpha value is -4.16. The summed E-state index contributed by atoms with van der Waals surface area (Å²) in [7, 11) is 0. The van der Waals surface area contributed by atoms with Crippen LogP contribution in [0.3, 0.4) is 0 Å². The standard InChI is InChI=1S/C27H20ClN3O3/c28-19-9-6-10-20(17-19)29-27(34)30(24-14-5-8-18-7-1-2-11-21(18)24)15-16-31-25(32)22-12-3-4-13-23(22)26(31)33/h1-14,17H,15-16H2,(H,29,34). The molecule has 0 unspecified atom stereocenters. The Morgan fingerprint density at radius 3 is 2.21 bits per heavy atom. The van der Waals surface area contributed by atoms with Crippen LogP contribution in [-0.4, -0.2) is 35.8 Å². The highest BCUT2D eigenvalue weighted by Gasteiger charge is 2.35. The number of anilines is 2. The van der Waals surface area contributed by atoms with E-state index in [4.69, 9.17) is 11.6 Å². The quantitative estimate of drug-likeness (QED) is 0.374. The van der Waals surface area contributed by atoms with Crippen molar-refractivity contribution in [3.8, 4) is 0 Å². The highest BCUT2D eigenvalue weighted by atomic mass is 35.5. The lowest BCUT2D eigenvalue weighted by Crippen LogP contribution is -2.42. The second-order valence-corrected chi connectivity index (χ2v) is 8.33. The van der Waals surface area contributed by atoms with Crippen LogP contribution in [0.15, 0.2) is 91.0 Å². The Labute approximate surface area is 201 Å². The topological polar surface area (TPSA) is 69.7 Å². The zero-order valence-electron chi connectivity index (χ0n) is 18.1. The van der Waals surface area contributed by atoms with Crippen LogP contribution in [0.2, 0.25) is 5.02 Å². The molecule has 0 saturated carbocycles. The summed E-state index contributed by atoms with van der Waals surface area (Å²) in [6.45, 7) is 0.171. The number of nitrogens with one attached hydrogen (secondary N) is 1. The highest BCUT2D eigenvalue weighted by Crippen LogP contribution is 2.29. The molecule has 1 aliphatic heterocycles. The average molecular weight is 470 g/mol. The molecule has 1 heterocycles. The molecule has 0 aliphatic carbocycles. The highest BCUT2D eigenvalue weighted by molar-refractivity contribution is 6.31. The van der Waals surface area contributed by atoms with E-state index in [0.29, 0.717) is 27.5 Å². The molecule has 0 saturated heterocycles. The Balaban J connectivity index is 1.46. The summed E-state index contributed by atoms with van der Waals surface area (Å²) in [5.74, 6) is -0.706. The van der Waals surface area contributed by atoms with Crippen molar-refractivity contribution in [2.75, 3.05) is 23.3 Å². The minimum Gasteiger partial charge on any atom is -0.307 e. The maximum atomic E-state index is 13.4. The van der Waals surface area contributed by atoms with E-state index in [0.717, 1.165) is 10.8 Å². The number of carbonyl (C=O) groups excluding carboxylic acids is 3. The number of rotatable bonds is 5. The van der Waals surface area contributed by atoms with Gasteiger partial charge in [0.1, 0.15) is 0 Å². The van der Waals surface area contributed by atoms with Crippen LogP contribution >= 0.6 is 11.6 Å². The van der Waals surface area contributed by atoms with Gasteiger partial charge in [-0.05, 0) is 41.8 Å². The smallest absolute Gasteiger partial charge is 0.307 e. The lowest BCUT2D eigenvalue weighted by molar-refractivity contribution is 0.0658. The molecule has 1 aliphatic rings. The third-order valence-corrected chi connectivity index (χ3v) is 6.04. The van der Waals surface area contributed by atoms with E-state index in [1.165, 1.54) is 4.90 Å². The molecule has 7 heteroatoms. The minimum atomic E-state index is -0.393. The van der Waals surface area contributed by atoms with Gasteiger partial charge in [-0.25, -0.2) is 4.79 Å². The molecule has 4 aromatic carbocycles. The number of urea groups is 1. The van der Waals surface area contributed by atoms with Crippen LogP contribution in [0.4, 0.5) is 16.2 Å². The van der Waals surface area contributed by atoms with E-state index >= 15 is 0 Å². The Morgan fingerprint density at radius 2 is 1.47 bits per heavy atom. The molecule has 4 aromatic rings. The van der Waals surface area contributed by atoms with E-state index in [-0.39, 0.29) is 24.9 Å². The maximum Gasteiger partial charge on any atom is 0.326 e. The summed E-state index contributed by atoms with van der Waals surface area (Å²) in [6, 6.07) is 26.7. The summed E-state index contributed by atoms with van der Waals surface area (Å²) in [5.41, 5.74) is 1.98. The second-order valence-electron chi connectivity index (χ2n) is 7.90. The van der Waals surface area contributed by atoms with Crippen molar-refractivity contribution in [1.82, 2.24) is 4.90 Å². The normalized spacial score (nSPS) is 12.7. The van der Waals surface area contributed by atoms with Crippen LogP contribution in [0, 0.1) is 0 Å². The molecule has 5 rings (SSSR count). The minimum absolute atomic E-state index is 0.0541. The van der Waals surface area contributed by atoms with Gasteiger partial charge >= 0.3 is 6.03 Å². The maximum absolute atomic E-state index is 13.4. The molecule has 1 N–H and O–H groups in total. The predicted octanol–water partition coefficient (Wildman–Crippen LogP) is 5.83. The first-order valence-corrected chi connectivity index (χ1v) is 11.2. The van der Waals surface area contributed by atoms with Crippen molar-refractivity contribution >= 4 is 51.6 Å². The summed E-state index contributed by atoms with van der Waals surface area (Å²) < 4.78 is 0. The number of hydrogen-bond acceptors (Lipinski definition) is 3. The lowest BCUT2D eigenvalue weighted by atomic mass is 10.1. The fraction of sp³-hybridized carbons (Fsp3) is 0.0741. The van der Waals surface area contributed by atoms with Gasteiger partial charge in [-0.2, -0.15) is 0 Å². The molecule has 168 valence electrons. The molecule has 0 atom stereocenters. The number of amides is 4. The molecule has 0 spiro atoms. The summed E-state index contributed by atoms with van der Waals surface area (Å²) in [4.78, 5) is 41.9. The van der Waals surface area contributed by atoms with E-state index in [1.807, 2.05) is 42.5 Å². The van der Waals surface area contributed by atoms with Gasteiger partial charge in [0.15, 0.2) is 0 Å². The van der Waals surface area contributed by atoms with E-state index < -0.39 is 6.03 Å². The van der Waals surface area contributed by atoms with Gasteiger partial charge < -0.3 is 5.32 Å².